The van der Waals surface area contributed by atoms with Crippen LogP contribution in [-0.4, -0.2) is 28.3 Å². The predicted molar refractivity (Wildman–Crippen MR) is 84.7 cm³/mol. The standard InChI is InChI=1S/C16H13N3O5/c1-2-18-15(20)13(17-16(18)21)9-12-6-7-14(24-12)10-4-3-5-11(8-10)19(22)23/h3-9H,2H2,1H3,(H,17,21)/b13-9+. The van der Waals surface area contributed by atoms with E-state index >= 15 is 0 Å². The highest BCUT2D eigenvalue weighted by atomic mass is 16.6. The number of benzene rings is 1. The Morgan fingerprint density at radius 2 is 2.08 bits per heavy atom. The first-order chi connectivity index (χ1) is 11.5. The van der Waals surface area contributed by atoms with Crippen LogP contribution in [0.1, 0.15) is 12.7 Å². The van der Waals surface area contributed by atoms with Gasteiger partial charge in [0.05, 0.1) is 4.92 Å². The zero-order chi connectivity index (χ0) is 17.3. The molecule has 3 rings (SSSR count). The minimum atomic E-state index is -0.485. The van der Waals surface area contributed by atoms with E-state index in [-0.39, 0.29) is 17.9 Å². The molecule has 8 nitrogen and oxygen atoms in total. The Hall–Kier alpha value is -3.42. The third-order valence-electron chi connectivity index (χ3n) is 3.53. The Kier molecular flexibility index (Phi) is 3.87. The molecule has 122 valence electrons. The molecule has 0 unspecified atom stereocenters. The van der Waals surface area contributed by atoms with E-state index in [9.17, 15) is 19.7 Å². The van der Waals surface area contributed by atoms with E-state index in [1.165, 1.54) is 18.2 Å². The number of nitro groups is 1. The number of nitrogens with zero attached hydrogens (tertiary/aromatic N) is 2. The Balaban J connectivity index is 1.88. The van der Waals surface area contributed by atoms with E-state index in [1.54, 1.807) is 31.2 Å². The molecular formula is C16H13N3O5. The number of likely N-dealkylation sites (N-methyl/N-ethyl adjacent to an activating group) is 1. The SMILES string of the molecule is CCN1C(=O)N/C(=C/c2ccc(-c3cccc([N+](=O)[O-])c3)o2)C1=O. The van der Waals surface area contributed by atoms with Crippen LogP contribution >= 0.6 is 0 Å². The van der Waals surface area contributed by atoms with Crippen molar-refractivity contribution in [2.75, 3.05) is 6.54 Å². The van der Waals surface area contributed by atoms with Crippen molar-refractivity contribution in [3.05, 3.63) is 58.0 Å². The Morgan fingerprint density at radius 3 is 2.75 bits per heavy atom. The van der Waals surface area contributed by atoms with Gasteiger partial charge >= 0.3 is 6.03 Å². The van der Waals surface area contributed by atoms with Crippen LogP contribution in [0.2, 0.25) is 0 Å². The summed E-state index contributed by atoms with van der Waals surface area (Å²) >= 11 is 0. The van der Waals surface area contributed by atoms with Gasteiger partial charge in [-0.3, -0.25) is 19.8 Å². The van der Waals surface area contributed by atoms with Crippen molar-refractivity contribution in [1.29, 1.82) is 0 Å². The van der Waals surface area contributed by atoms with Gasteiger partial charge in [-0.05, 0) is 19.1 Å². The lowest BCUT2D eigenvalue weighted by atomic mass is 10.1. The number of nitrogens with one attached hydrogen (secondary N) is 1. The molecule has 8 heteroatoms. The third kappa shape index (κ3) is 2.76. The third-order valence-corrected chi connectivity index (χ3v) is 3.53. The van der Waals surface area contributed by atoms with E-state index in [0.717, 1.165) is 4.90 Å². The van der Waals surface area contributed by atoms with Gasteiger partial charge in [-0.25, -0.2) is 4.79 Å². The number of urea groups is 1. The van der Waals surface area contributed by atoms with Crippen LogP contribution in [0.3, 0.4) is 0 Å². The van der Waals surface area contributed by atoms with Gasteiger partial charge in [-0.2, -0.15) is 0 Å². The van der Waals surface area contributed by atoms with Crippen molar-refractivity contribution in [3.8, 4) is 11.3 Å². The molecule has 1 aromatic carbocycles. The first-order valence-corrected chi connectivity index (χ1v) is 7.19. The summed E-state index contributed by atoms with van der Waals surface area (Å²) < 4.78 is 5.60. The maximum Gasteiger partial charge on any atom is 0.328 e. The Morgan fingerprint density at radius 1 is 1.29 bits per heavy atom. The highest BCUT2D eigenvalue weighted by Gasteiger charge is 2.32. The number of imide groups is 1. The maximum atomic E-state index is 12.0. The molecule has 0 radical (unpaired) electrons. The highest BCUT2D eigenvalue weighted by molar-refractivity contribution is 6.13. The first kappa shape index (κ1) is 15.5. The van der Waals surface area contributed by atoms with E-state index in [4.69, 9.17) is 4.42 Å². The fraction of sp³-hybridized carbons (Fsp3) is 0.125. The van der Waals surface area contributed by atoms with Crippen LogP contribution in [0.4, 0.5) is 10.5 Å². The molecule has 1 saturated heterocycles. The van der Waals surface area contributed by atoms with Crippen molar-refractivity contribution in [2.24, 2.45) is 0 Å². The zero-order valence-electron chi connectivity index (χ0n) is 12.7. The van der Waals surface area contributed by atoms with Crippen LogP contribution in [0.25, 0.3) is 17.4 Å². The van der Waals surface area contributed by atoms with E-state index < -0.39 is 16.9 Å². The lowest BCUT2D eigenvalue weighted by Crippen LogP contribution is -2.30. The molecule has 1 N–H and O–H groups in total. The van der Waals surface area contributed by atoms with Crippen molar-refractivity contribution in [2.45, 2.75) is 6.92 Å². The quantitative estimate of drug-likeness (QED) is 0.402. The first-order valence-electron chi connectivity index (χ1n) is 7.19. The number of hydrogen-bond donors (Lipinski definition) is 1. The summed E-state index contributed by atoms with van der Waals surface area (Å²) in [5.41, 5.74) is 0.633. The van der Waals surface area contributed by atoms with Gasteiger partial charge < -0.3 is 9.73 Å². The number of carbonyl (C=O) groups is 2. The number of carbonyl (C=O) groups excluding carboxylic acids is 2. The molecule has 0 aliphatic carbocycles. The predicted octanol–water partition coefficient (Wildman–Crippen LogP) is 2.77. The molecule has 0 bridgehead atoms. The van der Waals surface area contributed by atoms with Crippen LogP contribution < -0.4 is 5.32 Å². The fourth-order valence-electron chi connectivity index (χ4n) is 2.36. The second kappa shape index (κ2) is 5.99. The van der Waals surface area contributed by atoms with Crippen LogP contribution in [-0.2, 0) is 4.79 Å². The topological polar surface area (TPSA) is 106 Å². The van der Waals surface area contributed by atoms with Gasteiger partial charge in [-0.1, -0.05) is 12.1 Å². The van der Waals surface area contributed by atoms with Crippen molar-refractivity contribution >= 4 is 23.7 Å². The maximum absolute atomic E-state index is 12.0. The van der Waals surface area contributed by atoms with Gasteiger partial charge in [-0.15, -0.1) is 0 Å². The molecule has 0 atom stereocenters. The zero-order valence-corrected chi connectivity index (χ0v) is 12.7. The van der Waals surface area contributed by atoms with Gasteiger partial charge in [0.1, 0.15) is 17.2 Å². The van der Waals surface area contributed by atoms with E-state index in [1.807, 2.05) is 0 Å². The lowest BCUT2D eigenvalue weighted by molar-refractivity contribution is -0.384. The summed E-state index contributed by atoms with van der Waals surface area (Å²) in [4.78, 5) is 35.0. The van der Waals surface area contributed by atoms with Gasteiger partial charge in [0.15, 0.2) is 0 Å². The molecule has 0 spiro atoms. The highest BCUT2D eigenvalue weighted by Crippen LogP contribution is 2.26. The summed E-state index contributed by atoms with van der Waals surface area (Å²) in [5.74, 6) is 0.364. The van der Waals surface area contributed by atoms with Crippen molar-refractivity contribution < 1.29 is 18.9 Å². The molecule has 24 heavy (non-hydrogen) atoms. The molecule has 1 aliphatic rings. The van der Waals surface area contributed by atoms with Crippen molar-refractivity contribution in [3.63, 3.8) is 0 Å². The Bertz CT molecular complexity index is 868. The average Bonchev–Trinajstić information content (AvgIpc) is 3.13. The summed E-state index contributed by atoms with van der Waals surface area (Å²) in [6.45, 7) is 1.98. The number of rotatable bonds is 4. The summed E-state index contributed by atoms with van der Waals surface area (Å²) in [6.07, 6.45) is 1.43. The summed E-state index contributed by atoms with van der Waals surface area (Å²) in [7, 11) is 0. The second-order valence-electron chi connectivity index (χ2n) is 5.05. The number of furan rings is 1. The molecule has 1 fully saturated rings. The normalized spacial score (nSPS) is 15.9. The van der Waals surface area contributed by atoms with E-state index in [2.05, 4.69) is 5.32 Å². The van der Waals surface area contributed by atoms with Crippen LogP contribution in [0.5, 0.6) is 0 Å². The van der Waals surface area contributed by atoms with Gasteiger partial charge in [0, 0.05) is 30.3 Å². The monoisotopic (exact) mass is 327 g/mol. The van der Waals surface area contributed by atoms with Crippen LogP contribution in [0, 0.1) is 10.1 Å². The molecule has 1 aliphatic heterocycles. The fourth-order valence-corrected chi connectivity index (χ4v) is 2.36. The lowest BCUT2D eigenvalue weighted by Gasteiger charge is -2.05. The van der Waals surface area contributed by atoms with Crippen molar-refractivity contribution in [1.82, 2.24) is 10.2 Å². The second-order valence-corrected chi connectivity index (χ2v) is 5.05. The number of hydrogen-bond acceptors (Lipinski definition) is 5. The summed E-state index contributed by atoms with van der Waals surface area (Å²) in [5, 5.41) is 13.3. The molecule has 3 amide bonds. The number of nitro benzene ring substituents is 1. The molecule has 1 aromatic heterocycles. The molecule has 0 saturated carbocycles. The minimum absolute atomic E-state index is 0.0411. The number of amides is 3. The van der Waals surface area contributed by atoms with Crippen LogP contribution in [0.15, 0.2) is 46.5 Å². The molecule has 2 heterocycles. The number of non-ortho nitro benzene ring substituents is 1. The van der Waals surface area contributed by atoms with Gasteiger partial charge in [0.2, 0.25) is 0 Å². The smallest absolute Gasteiger partial charge is 0.328 e. The average molecular weight is 327 g/mol. The molecular weight excluding hydrogens is 314 g/mol. The Labute approximate surface area is 136 Å². The minimum Gasteiger partial charge on any atom is -0.457 e. The van der Waals surface area contributed by atoms with Gasteiger partial charge in [0.25, 0.3) is 11.6 Å². The summed E-state index contributed by atoms with van der Waals surface area (Å²) in [6, 6.07) is 8.83. The molecule has 2 aromatic rings. The largest absolute Gasteiger partial charge is 0.457 e. The van der Waals surface area contributed by atoms with E-state index in [0.29, 0.717) is 17.1 Å².